The second-order valence-electron chi connectivity index (χ2n) is 6.37. The van der Waals surface area contributed by atoms with E-state index in [1.165, 1.54) is 39.6 Å². The maximum Gasteiger partial charge on any atom is 0.325 e. The molecule has 0 aliphatic heterocycles. The molecule has 3 rings (SSSR count). The van der Waals surface area contributed by atoms with Crippen molar-refractivity contribution < 1.29 is 28.6 Å². The van der Waals surface area contributed by atoms with Crippen LogP contribution in [-0.4, -0.2) is 43.7 Å². The zero-order valence-electron chi connectivity index (χ0n) is 17.4. The van der Waals surface area contributed by atoms with Gasteiger partial charge in [-0.1, -0.05) is 17.4 Å². The highest BCUT2D eigenvalue weighted by molar-refractivity contribution is 7.16. The number of rotatable bonds is 6. The summed E-state index contributed by atoms with van der Waals surface area (Å²) in [6, 6.07) is 10.2. The lowest BCUT2D eigenvalue weighted by atomic mass is 10.1. The lowest BCUT2D eigenvalue weighted by molar-refractivity contribution is -0.141. The molecule has 31 heavy (non-hydrogen) atoms. The van der Waals surface area contributed by atoms with Crippen molar-refractivity contribution in [3.8, 4) is 11.5 Å². The van der Waals surface area contributed by atoms with E-state index in [0.717, 1.165) is 4.70 Å². The monoisotopic (exact) mass is 443 g/mol. The van der Waals surface area contributed by atoms with Crippen LogP contribution in [-0.2, 0) is 20.9 Å². The van der Waals surface area contributed by atoms with Crippen molar-refractivity contribution in [2.75, 3.05) is 26.6 Å². The Balaban J connectivity index is 2.19. The number of hydrogen-bond donors (Lipinski definition) is 1. The van der Waals surface area contributed by atoms with Gasteiger partial charge in [0.2, 0.25) is 5.91 Å². The molecule has 9 nitrogen and oxygen atoms in total. The Bertz CT molecular complexity index is 1210. The van der Waals surface area contributed by atoms with Crippen LogP contribution in [0.4, 0.5) is 5.69 Å². The topological polar surface area (TPSA) is 108 Å². The number of esters is 1. The van der Waals surface area contributed by atoms with Crippen LogP contribution in [0.1, 0.15) is 17.3 Å². The van der Waals surface area contributed by atoms with E-state index in [0.29, 0.717) is 27.5 Å². The average molecular weight is 443 g/mol. The van der Waals surface area contributed by atoms with E-state index in [-0.39, 0.29) is 18.0 Å². The van der Waals surface area contributed by atoms with Crippen LogP contribution in [0.5, 0.6) is 11.5 Å². The highest BCUT2D eigenvalue weighted by atomic mass is 32.1. The largest absolute Gasteiger partial charge is 0.496 e. The smallest absolute Gasteiger partial charge is 0.325 e. The predicted molar refractivity (Wildman–Crippen MR) is 116 cm³/mol. The highest BCUT2D eigenvalue weighted by Crippen LogP contribution is 2.29. The first-order valence-corrected chi connectivity index (χ1v) is 9.97. The number of amides is 2. The number of hydrogen-bond acceptors (Lipinski definition) is 7. The minimum absolute atomic E-state index is 0.134. The summed E-state index contributed by atoms with van der Waals surface area (Å²) in [4.78, 5) is 41.0. The Labute approximate surface area is 181 Å². The number of thiazole rings is 1. The fourth-order valence-electron chi connectivity index (χ4n) is 2.99. The average Bonchev–Trinajstić information content (AvgIpc) is 3.08. The third kappa shape index (κ3) is 4.75. The zero-order valence-corrected chi connectivity index (χ0v) is 18.2. The molecule has 1 aromatic heterocycles. The van der Waals surface area contributed by atoms with Crippen molar-refractivity contribution in [3.05, 3.63) is 46.8 Å². The summed E-state index contributed by atoms with van der Waals surface area (Å²) in [5.74, 6) is -0.638. The number of benzene rings is 2. The van der Waals surface area contributed by atoms with E-state index in [1.807, 2.05) is 0 Å². The first-order chi connectivity index (χ1) is 14.9. The van der Waals surface area contributed by atoms with Gasteiger partial charge >= 0.3 is 5.97 Å². The summed E-state index contributed by atoms with van der Waals surface area (Å²) in [5, 5.41) is 2.71. The molecule has 2 amide bonds. The van der Waals surface area contributed by atoms with E-state index >= 15 is 0 Å². The zero-order chi connectivity index (χ0) is 22.5. The Kier molecular flexibility index (Phi) is 6.71. The first kappa shape index (κ1) is 22.0. The molecule has 0 fully saturated rings. The molecule has 0 spiro atoms. The molecule has 162 valence electrons. The van der Waals surface area contributed by atoms with Gasteiger partial charge in [-0.3, -0.25) is 14.4 Å². The molecule has 1 N–H and O–H groups in total. The number of carbonyl (C=O) groups is 3. The molecule has 10 heteroatoms. The fraction of sp³-hybridized carbons (Fsp3) is 0.238. The fourth-order valence-corrected chi connectivity index (χ4v) is 4.06. The van der Waals surface area contributed by atoms with Gasteiger partial charge in [-0.15, -0.1) is 0 Å². The van der Waals surface area contributed by atoms with Gasteiger partial charge in [0.1, 0.15) is 23.6 Å². The summed E-state index contributed by atoms with van der Waals surface area (Å²) in [6.45, 7) is 1.28. The Morgan fingerprint density at radius 3 is 2.32 bits per heavy atom. The third-order valence-corrected chi connectivity index (χ3v) is 5.40. The number of carbonyl (C=O) groups excluding carboxylic acids is 3. The van der Waals surface area contributed by atoms with Gasteiger partial charge in [-0.05, 0) is 30.3 Å². The van der Waals surface area contributed by atoms with Crippen molar-refractivity contribution in [1.82, 2.24) is 4.57 Å². The van der Waals surface area contributed by atoms with E-state index in [1.54, 1.807) is 41.0 Å². The van der Waals surface area contributed by atoms with Gasteiger partial charge in [0, 0.05) is 12.6 Å². The lowest BCUT2D eigenvalue weighted by Gasteiger charge is -2.09. The summed E-state index contributed by atoms with van der Waals surface area (Å²) in [5.41, 5.74) is 1.44. The van der Waals surface area contributed by atoms with Crippen LogP contribution in [0.3, 0.4) is 0 Å². The van der Waals surface area contributed by atoms with Crippen molar-refractivity contribution in [1.29, 1.82) is 0 Å². The Hall–Kier alpha value is -3.66. The van der Waals surface area contributed by atoms with E-state index in [9.17, 15) is 14.4 Å². The quantitative estimate of drug-likeness (QED) is 0.587. The third-order valence-electron chi connectivity index (χ3n) is 4.36. The van der Waals surface area contributed by atoms with Crippen molar-refractivity contribution in [3.63, 3.8) is 0 Å². The van der Waals surface area contributed by atoms with Gasteiger partial charge in [0.05, 0.1) is 31.5 Å². The van der Waals surface area contributed by atoms with Gasteiger partial charge in [0.25, 0.3) is 5.91 Å². The van der Waals surface area contributed by atoms with Crippen LogP contribution in [0.25, 0.3) is 10.2 Å². The van der Waals surface area contributed by atoms with E-state index in [4.69, 9.17) is 14.2 Å². The number of aromatic nitrogens is 1. The predicted octanol–water partition coefficient (Wildman–Crippen LogP) is 2.59. The maximum atomic E-state index is 13.1. The molecular formula is C21H21N3O6S. The molecule has 1 heterocycles. The van der Waals surface area contributed by atoms with Crippen molar-refractivity contribution >= 4 is 45.0 Å². The summed E-state index contributed by atoms with van der Waals surface area (Å²) in [6.07, 6.45) is 0. The SMILES string of the molecule is COC(=O)Cn1c(=NC(=O)c2c(OC)cccc2OC)sc2cc(NC(C)=O)ccc21. The van der Waals surface area contributed by atoms with Crippen LogP contribution in [0.15, 0.2) is 41.4 Å². The summed E-state index contributed by atoms with van der Waals surface area (Å²) >= 11 is 1.20. The molecular weight excluding hydrogens is 422 g/mol. The molecule has 3 aromatic rings. The van der Waals surface area contributed by atoms with E-state index in [2.05, 4.69) is 10.3 Å². The summed E-state index contributed by atoms with van der Waals surface area (Å²) in [7, 11) is 4.19. The first-order valence-electron chi connectivity index (χ1n) is 9.15. The minimum Gasteiger partial charge on any atom is -0.496 e. The molecule has 0 atom stereocenters. The maximum absolute atomic E-state index is 13.1. The van der Waals surface area contributed by atoms with Gasteiger partial charge in [-0.2, -0.15) is 4.99 Å². The number of nitrogens with one attached hydrogen (secondary N) is 1. The number of methoxy groups -OCH3 is 3. The normalized spacial score (nSPS) is 11.3. The Morgan fingerprint density at radius 2 is 1.74 bits per heavy atom. The van der Waals surface area contributed by atoms with E-state index < -0.39 is 11.9 Å². The molecule has 0 aliphatic rings. The number of nitrogens with zero attached hydrogens (tertiary/aromatic N) is 2. The molecule has 0 aliphatic carbocycles. The highest BCUT2D eigenvalue weighted by Gasteiger charge is 2.19. The molecule has 0 radical (unpaired) electrons. The second kappa shape index (κ2) is 9.43. The standard InChI is InChI=1S/C21H21N3O6S/c1-12(25)22-13-8-9-14-17(10-13)31-21(24(14)11-18(26)30-4)23-20(27)19-15(28-2)6-5-7-16(19)29-3/h5-10H,11H2,1-4H3,(H,22,25). The second-order valence-corrected chi connectivity index (χ2v) is 7.37. The summed E-state index contributed by atoms with van der Waals surface area (Å²) < 4.78 is 17.7. The van der Waals surface area contributed by atoms with Gasteiger partial charge in [-0.25, -0.2) is 0 Å². The number of ether oxygens (including phenoxy) is 3. The molecule has 2 aromatic carbocycles. The van der Waals surface area contributed by atoms with Crippen LogP contribution in [0, 0.1) is 0 Å². The number of anilines is 1. The molecule has 0 unspecified atom stereocenters. The van der Waals surface area contributed by atoms with Crippen LogP contribution in [0.2, 0.25) is 0 Å². The molecule has 0 bridgehead atoms. The van der Waals surface area contributed by atoms with Gasteiger partial charge in [0.15, 0.2) is 4.80 Å². The van der Waals surface area contributed by atoms with Crippen molar-refractivity contribution in [2.24, 2.45) is 4.99 Å². The van der Waals surface area contributed by atoms with Crippen LogP contribution < -0.4 is 19.6 Å². The van der Waals surface area contributed by atoms with Gasteiger partial charge < -0.3 is 24.1 Å². The molecule has 0 saturated carbocycles. The Morgan fingerprint density at radius 1 is 1.06 bits per heavy atom. The minimum atomic E-state index is -0.582. The van der Waals surface area contributed by atoms with Crippen molar-refractivity contribution in [2.45, 2.75) is 13.5 Å². The van der Waals surface area contributed by atoms with Crippen LogP contribution >= 0.6 is 11.3 Å². The lowest BCUT2D eigenvalue weighted by Crippen LogP contribution is -2.22. The molecule has 0 saturated heterocycles. The number of fused-ring (bicyclic) bond motifs is 1.